The van der Waals surface area contributed by atoms with Gasteiger partial charge in [-0.1, -0.05) is 37.6 Å². The molecule has 1 atom stereocenters. The number of anilines is 2. The number of rotatable bonds is 5. The highest BCUT2D eigenvalue weighted by Crippen LogP contribution is 2.45. The topological polar surface area (TPSA) is 69.7 Å². The van der Waals surface area contributed by atoms with E-state index in [4.69, 9.17) is 0 Å². The van der Waals surface area contributed by atoms with Crippen LogP contribution < -0.4 is 10.2 Å². The highest BCUT2D eigenvalue weighted by atomic mass is 16.2. The number of carbonyl (C=O) groups is 3. The number of amides is 3. The Hall–Kier alpha value is -3.15. The molecule has 30 heavy (non-hydrogen) atoms. The van der Waals surface area contributed by atoms with E-state index < -0.39 is 5.66 Å². The second-order valence-electron chi connectivity index (χ2n) is 8.07. The van der Waals surface area contributed by atoms with Crippen molar-refractivity contribution in [2.24, 2.45) is 0 Å². The monoisotopic (exact) mass is 405 g/mol. The van der Waals surface area contributed by atoms with Gasteiger partial charge in [-0.3, -0.25) is 19.3 Å². The van der Waals surface area contributed by atoms with Crippen molar-refractivity contribution in [1.82, 2.24) is 4.90 Å². The van der Waals surface area contributed by atoms with Gasteiger partial charge < -0.3 is 10.2 Å². The van der Waals surface area contributed by atoms with E-state index in [0.717, 1.165) is 24.0 Å². The molecule has 156 valence electrons. The Kier molecular flexibility index (Phi) is 5.10. The molecule has 0 radical (unpaired) electrons. The van der Waals surface area contributed by atoms with Gasteiger partial charge in [0, 0.05) is 25.1 Å². The molecule has 0 aromatic heterocycles. The van der Waals surface area contributed by atoms with Gasteiger partial charge in [0.2, 0.25) is 11.6 Å². The predicted octanol–water partition coefficient (Wildman–Crippen LogP) is 4.02. The second kappa shape index (κ2) is 7.59. The van der Waals surface area contributed by atoms with Crippen molar-refractivity contribution in [2.45, 2.75) is 52.1 Å². The third-order valence-electron chi connectivity index (χ3n) is 6.33. The summed E-state index contributed by atoms with van der Waals surface area (Å²) in [5.41, 5.74) is 2.40. The molecule has 0 unspecified atom stereocenters. The van der Waals surface area contributed by atoms with Gasteiger partial charge >= 0.3 is 0 Å². The van der Waals surface area contributed by atoms with Gasteiger partial charge in [-0.2, -0.15) is 0 Å². The molecule has 3 amide bonds. The maximum Gasteiger partial charge on any atom is 0.271 e. The summed E-state index contributed by atoms with van der Waals surface area (Å²) in [6.07, 6.45) is 2.15. The van der Waals surface area contributed by atoms with E-state index in [2.05, 4.69) is 5.32 Å². The number of hydrogen-bond donors (Lipinski definition) is 1. The number of fused-ring (bicyclic) bond motifs is 3. The van der Waals surface area contributed by atoms with Crippen molar-refractivity contribution in [2.75, 3.05) is 16.8 Å². The number of hydrogen-bond acceptors (Lipinski definition) is 3. The molecule has 1 N–H and O–H groups in total. The largest absolute Gasteiger partial charge is 0.322 e. The normalized spacial score (nSPS) is 20.2. The second-order valence-corrected chi connectivity index (χ2v) is 8.07. The van der Waals surface area contributed by atoms with E-state index in [9.17, 15) is 14.4 Å². The number of nitrogens with one attached hydrogen (secondary N) is 1. The summed E-state index contributed by atoms with van der Waals surface area (Å²) in [5.74, 6) is -0.658. The lowest BCUT2D eigenvalue weighted by atomic mass is 9.94. The molecule has 0 aliphatic carbocycles. The van der Waals surface area contributed by atoms with Crippen LogP contribution in [0, 0.1) is 13.8 Å². The molecule has 0 bridgehead atoms. The van der Waals surface area contributed by atoms with Gasteiger partial charge in [-0.15, -0.1) is 0 Å². The standard InChI is InChI=1S/C24H27N3O3/c1-4-5-15-26-22(29)18-10-6-7-12-20(18)27-21(28)13-14-24(26,27)23(30)25-19-11-8-9-16(2)17(19)3/h6-12H,4-5,13-15H2,1-3H3,(H,25,30)/t24-/m1/s1. The lowest BCUT2D eigenvalue weighted by Crippen LogP contribution is -2.69. The Labute approximate surface area is 176 Å². The Morgan fingerprint density at radius 1 is 1.10 bits per heavy atom. The summed E-state index contributed by atoms with van der Waals surface area (Å²) in [6, 6.07) is 12.8. The molecule has 1 fully saturated rings. The maximum absolute atomic E-state index is 13.8. The highest BCUT2D eigenvalue weighted by molar-refractivity contribution is 6.18. The molecular weight excluding hydrogens is 378 g/mol. The molecule has 0 saturated carbocycles. The summed E-state index contributed by atoms with van der Waals surface area (Å²) in [7, 11) is 0. The Bertz CT molecular complexity index is 1030. The number of para-hydroxylation sites is 1. The smallest absolute Gasteiger partial charge is 0.271 e. The molecule has 2 aliphatic rings. The van der Waals surface area contributed by atoms with E-state index in [0.29, 0.717) is 23.5 Å². The van der Waals surface area contributed by atoms with Crippen LogP contribution in [-0.4, -0.2) is 34.8 Å². The van der Waals surface area contributed by atoms with E-state index in [1.54, 1.807) is 34.1 Å². The van der Waals surface area contributed by atoms with Crippen LogP contribution in [0.3, 0.4) is 0 Å². The van der Waals surface area contributed by atoms with Crippen molar-refractivity contribution in [1.29, 1.82) is 0 Å². The zero-order valence-electron chi connectivity index (χ0n) is 17.7. The van der Waals surface area contributed by atoms with Crippen LogP contribution in [0.2, 0.25) is 0 Å². The lowest BCUT2D eigenvalue weighted by Gasteiger charge is -2.49. The van der Waals surface area contributed by atoms with Crippen LogP contribution >= 0.6 is 0 Å². The zero-order chi connectivity index (χ0) is 21.5. The Morgan fingerprint density at radius 3 is 2.63 bits per heavy atom. The van der Waals surface area contributed by atoms with Gasteiger partial charge in [0.1, 0.15) is 0 Å². The zero-order valence-corrected chi connectivity index (χ0v) is 17.7. The minimum absolute atomic E-state index is 0.132. The van der Waals surface area contributed by atoms with Gasteiger partial charge in [0.05, 0.1) is 11.3 Å². The summed E-state index contributed by atoms with van der Waals surface area (Å²) in [6.45, 7) is 6.41. The Morgan fingerprint density at radius 2 is 1.87 bits per heavy atom. The first-order valence-corrected chi connectivity index (χ1v) is 10.5. The van der Waals surface area contributed by atoms with Crippen molar-refractivity contribution < 1.29 is 14.4 Å². The first kappa shape index (κ1) is 20.1. The fourth-order valence-electron chi connectivity index (χ4n) is 4.51. The van der Waals surface area contributed by atoms with E-state index in [1.807, 2.05) is 39.0 Å². The van der Waals surface area contributed by atoms with E-state index in [1.165, 1.54) is 0 Å². The third kappa shape index (κ3) is 2.90. The third-order valence-corrected chi connectivity index (χ3v) is 6.33. The van der Waals surface area contributed by atoms with Crippen molar-refractivity contribution in [3.63, 3.8) is 0 Å². The summed E-state index contributed by atoms with van der Waals surface area (Å²) in [4.78, 5) is 43.4. The average molecular weight is 405 g/mol. The molecular formula is C24H27N3O3. The molecule has 4 rings (SSSR count). The minimum atomic E-state index is -1.34. The van der Waals surface area contributed by atoms with E-state index in [-0.39, 0.29) is 30.6 Å². The molecule has 2 aliphatic heterocycles. The summed E-state index contributed by atoms with van der Waals surface area (Å²) < 4.78 is 0. The van der Waals surface area contributed by atoms with E-state index >= 15 is 0 Å². The number of carbonyl (C=O) groups excluding carboxylic acids is 3. The highest BCUT2D eigenvalue weighted by Gasteiger charge is 2.60. The average Bonchev–Trinajstić information content (AvgIpc) is 3.10. The fourth-order valence-corrected chi connectivity index (χ4v) is 4.51. The number of benzene rings is 2. The van der Waals surface area contributed by atoms with Crippen molar-refractivity contribution >= 4 is 29.1 Å². The molecule has 6 nitrogen and oxygen atoms in total. The Balaban J connectivity index is 1.84. The molecule has 2 aromatic carbocycles. The van der Waals surface area contributed by atoms with Gasteiger partial charge in [-0.25, -0.2) is 0 Å². The van der Waals surface area contributed by atoms with Crippen LogP contribution in [0.5, 0.6) is 0 Å². The number of unbranched alkanes of at least 4 members (excludes halogenated alkanes) is 1. The molecule has 1 saturated heterocycles. The molecule has 2 aromatic rings. The molecule has 2 heterocycles. The minimum Gasteiger partial charge on any atom is -0.322 e. The quantitative estimate of drug-likeness (QED) is 0.817. The van der Waals surface area contributed by atoms with Crippen LogP contribution in [0.25, 0.3) is 0 Å². The number of nitrogens with zero attached hydrogens (tertiary/aromatic N) is 2. The van der Waals surface area contributed by atoms with Crippen molar-refractivity contribution in [3.8, 4) is 0 Å². The van der Waals surface area contributed by atoms with Crippen molar-refractivity contribution in [3.05, 3.63) is 59.2 Å². The summed E-state index contributed by atoms with van der Waals surface area (Å²) in [5, 5.41) is 3.03. The fraction of sp³-hybridized carbons (Fsp3) is 0.375. The van der Waals surface area contributed by atoms with Crippen LogP contribution in [0.1, 0.15) is 54.1 Å². The van der Waals surface area contributed by atoms with Gasteiger partial charge in [0.15, 0.2) is 0 Å². The number of aryl methyl sites for hydroxylation is 1. The summed E-state index contributed by atoms with van der Waals surface area (Å²) >= 11 is 0. The van der Waals surface area contributed by atoms with Gasteiger partial charge in [-0.05, 0) is 49.6 Å². The predicted molar refractivity (Wildman–Crippen MR) is 116 cm³/mol. The molecule has 6 heteroatoms. The van der Waals surface area contributed by atoms with Crippen LogP contribution in [-0.2, 0) is 9.59 Å². The van der Waals surface area contributed by atoms with Crippen LogP contribution in [0.4, 0.5) is 11.4 Å². The first-order valence-electron chi connectivity index (χ1n) is 10.5. The molecule has 0 spiro atoms. The lowest BCUT2D eigenvalue weighted by molar-refractivity contribution is -0.129. The van der Waals surface area contributed by atoms with Gasteiger partial charge in [0.25, 0.3) is 11.8 Å². The maximum atomic E-state index is 13.8. The van der Waals surface area contributed by atoms with Crippen LogP contribution in [0.15, 0.2) is 42.5 Å². The SMILES string of the molecule is CCCCN1C(=O)c2ccccc2N2C(=O)CC[C@@]12C(=O)Nc1cccc(C)c1C. The first-order chi connectivity index (χ1) is 14.4.